The first-order chi connectivity index (χ1) is 10.8. The maximum atomic E-state index is 13.5. The number of hydrogen-bond donors (Lipinski definition) is 2. The number of nitrogens with one attached hydrogen (secondary N) is 2. The van der Waals surface area contributed by atoms with Crippen molar-refractivity contribution >= 4 is 24.1 Å². The Morgan fingerprint density at radius 2 is 1.13 bits per heavy atom. The fourth-order valence-corrected chi connectivity index (χ4v) is 3.94. The molecule has 2 aromatic heterocycles. The highest BCUT2D eigenvalue weighted by atomic mass is 31.2. The molecule has 3 aromatic rings. The molecule has 0 radical (unpaired) electrons. The second kappa shape index (κ2) is 7.54. The topological polar surface area (TPSA) is 98.4 Å². The van der Waals surface area contributed by atoms with E-state index in [9.17, 15) is 4.57 Å². The Hall–Kier alpha value is -2.69. The third-order valence-corrected chi connectivity index (χ3v) is 5.23. The van der Waals surface area contributed by atoms with Crippen LogP contribution in [0.3, 0.4) is 0 Å². The van der Waals surface area contributed by atoms with Gasteiger partial charge in [-0.05, 0) is 36.4 Å². The van der Waals surface area contributed by atoms with Crippen LogP contribution in [-0.2, 0) is 4.57 Å². The summed E-state index contributed by atoms with van der Waals surface area (Å²) < 4.78 is 13.5. The van der Waals surface area contributed by atoms with E-state index in [4.69, 9.17) is 0 Å². The van der Waals surface area contributed by atoms with Gasteiger partial charge in [-0.25, -0.2) is 0 Å². The Balaban J connectivity index is 0.00000192. The second-order valence-corrected chi connectivity index (χ2v) is 6.82. The largest absolute Gasteiger partial charge is 0.412 e. The van der Waals surface area contributed by atoms with Crippen molar-refractivity contribution in [2.24, 2.45) is 0 Å². The van der Waals surface area contributed by atoms with Crippen LogP contribution < -0.4 is 15.5 Å². The van der Waals surface area contributed by atoms with Crippen molar-refractivity contribution in [2.75, 3.05) is 10.2 Å². The van der Waals surface area contributed by atoms with Crippen LogP contribution in [0.1, 0.15) is 0 Å². The number of hydrogen-bond acceptors (Lipinski definition) is 3. The van der Waals surface area contributed by atoms with Gasteiger partial charge in [0.1, 0.15) is 0 Å². The first-order valence-corrected chi connectivity index (χ1v) is 8.49. The third-order valence-electron chi connectivity index (χ3n) is 3.05. The molecule has 0 unspecified atom stereocenters. The molecule has 0 fully saturated rings. The molecule has 6 nitrogen and oxygen atoms in total. The van der Waals surface area contributed by atoms with E-state index in [1.807, 2.05) is 30.3 Å². The van der Waals surface area contributed by atoms with E-state index in [0.29, 0.717) is 5.30 Å². The number of rotatable bonds is 5. The maximum Gasteiger partial charge on any atom is 0.287 e. The molecule has 0 saturated carbocycles. The molecule has 23 heavy (non-hydrogen) atoms. The summed E-state index contributed by atoms with van der Waals surface area (Å²) in [4.78, 5) is 7.95. The highest BCUT2D eigenvalue weighted by Crippen LogP contribution is 2.44. The lowest BCUT2D eigenvalue weighted by atomic mass is 10.4. The summed E-state index contributed by atoms with van der Waals surface area (Å²) in [6, 6.07) is 16.4. The molecule has 0 atom stereocenters. The van der Waals surface area contributed by atoms with Crippen LogP contribution in [0.2, 0.25) is 0 Å². The Bertz CT molecular complexity index is 724. The summed E-state index contributed by atoms with van der Waals surface area (Å²) in [6.07, 6.45) is 6.63. The normalized spacial score (nSPS) is 10.4. The van der Waals surface area contributed by atoms with Crippen LogP contribution in [0.5, 0.6) is 0 Å². The number of nitrogens with zero attached hydrogens (tertiary/aromatic N) is 2. The zero-order chi connectivity index (χ0) is 15.3. The van der Waals surface area contributed by atoms with Gasteiger partial charge in [0.2, 0.25) is 0 Å². The van der Waals surface area contributed by atoms with Gasteiger partial charge in [-0.2, -0.15) is 0 Å². The maximum absolute atomic E-state index is 13.5. The molecule has 7 heteroatoms. The summed E-state index contributed by atoms with van der Waals surface area (Å²) in [5.41, 5.74) is 1.48. The first-order valence-electron chi connectivity index (χ1n) is 6.78. The predicted octanol–water partition coefficient (Wildman–Crippen LogP) is 2.69. The molecular weight excluding hydrogens is 311 g/mol. The molecule has 2 heterocycles. The van der Waals surface area contributed by atoms with E-state index in [1.54, 1.807) is 49.1 Å². The van der Waals surface area contributed by atoms with Crippen molar-refractivity contribution in [1.29, 1.82) is 0 Å². The lowest BCUT2D eigenvalue weighted by Gasteiger charge is -2.22. The van der Waals surface area contributed by atoms with E-state index in [0.717, 1.165) is 11.4 Å². The summed E-state index contributed by atoms with van der Waals surface area (Å²) >= 11 is 0. The Morgan fingerprint density at radius 1 is 0.696 bits per heavy atom. The Kier molecular flexibility index (Phi) is 5.46. The fraction of sp³-hybridized carbons (Fsp3) is 0. The monoisotopic (exact) mass is 328 g/mol. The highest BCUT2D eigenvalue weighted by Gasteiger charge is 2.24. The van der Waals surface area contributed by atoms with E-state index in [2.05, 4.69) is 20.1 Å². The van der Waals surface area contributed by atoms with Crippen molar-refractivity contribution in [1.82, 2.24) is 9.97 Å². The van der Waals surface area contributed by atoms with Crippen molar-refractivity contribution in [3.05, 3.63) is 79.4 Å². The molecule has 0 aliphatic heterocycles. The molecule has 0 bridgehead atoms. The van der Waals surface area contributed by atoms with Crippen LogP contribution in [0.25, 0.3) is 0 Å². The van der Waals surface area contributed by atoms with Crippen molar-refractivity contribution in [2.45, 2.75) is 0 Å². The molecule has 4 N–H and O–H groups in total. The van der Waals surface area contributed by atoms with E-state index < -0.39 is 7.44 Å². The lowest BCUT2D eigenvalue weighted by molar-refractivity contribution is 0.587. The minimum atomic E-state index is -3.07. The van der Waals surface area contributed by atoms with Crippen molar-refractivity contribution in [3.63, 3.8) is 0 Å². The standard InChI is InChI=1S/C16H15N4OP.H2O/c21-22(16-4-2-1-3-5-16,19-14-6-10-17-11-7-14)20-15-8-12-18-13-9-15;/h1-13H,(H2,17,18,19,20,21);1H2. The van der Waals surface area contributed by atoms with Gasteiger partial charge in [0.05, 0.1) is 5.30 Å². The smallest absolute Gasteiger partial charge is 0.287 e. The summed E-state index contributed by atoms with van der Waals surface area (Å²) in [5.74, 6) is 0. The van der Waals surface area contributed by atoms with Crippen LogP contribution in [-0.4, -0.2) is 15.4 Å². The molecule has 1 aromatic carbocycles. The number of aromatic nitrogens is 2. The van der Waals surface area contributed by atoms with Gasteiger partial charge in [0, 0.05) is 36.2 Å². The Morgan fingerprint density at radius 3 is 1.57 bits per heavy atom. The van der Waals surface area contributed by atoms with Crippen LogP contribution >= 0.6 is 7.44 Å². The average Bonchev–Trinajstić information content (AvgIpc) is 2.57. The molecule has 0 spiro atoms. The second-order valence-electron chi connectivity index (χ2n) is 4.64. The van der Waals surface area contributed by atoms with Gasteiger partial charge in [-0.1, -0.05) is 18.2 Å². The van der Waals surface area contributed by atoms with Gasteiger partial charge in [-0.15, -0.1) is 0 Å². The van der Waals surface area contributed by atoms with Crippen molar-refractivity contribution < 1.29 is 10.0 Å². The molecule has 0 saturated heterocycles. The molecule has 118 valence electrons. The fourth-order valence-electron chi connectivity index (χ4n) is 2.01. The van der Waals surface area contributed by atoms with Crippen LogP contribution in [0, 0.1) is 0 Å². The minimum Gasteiger partial charge on any atom is -0.412 e. The van der Waals surface area contributed by atoms with Gasteiger partial charge in [-0.3, -0.25) is 14.5 Å². The predicted molar refractivity (Wildman–Crippen MR) is 93.0 cm³/mol. The SMILES string of the molecule is O.O=P(Nc1ccncc1)(Nc1ccncc1)c1ccccc1. The summed E-state index contributed by atoms with van der Waals surface area (Å²) in [6.45, 7) is 0. The highest BCUT2D eigenvalue weighted by molar-refractivity contribution is 7.74. The van der Waals surface area contributed by atoms with Gasteiger partial charge >= 0.3 is 0 Å². The quantitative estimate of drug-likeness (QED) is 0.702. The van der Waals surface area contributed by atoms with Gasteiger partial charge in [0.15, 0.2) is 0 Å². The van der Waals surface area contributed by atoms with Crippen LogP contribution in [0.4, 0.5) is 11.4 Å². The Labute approximate surface area is 134 Å². The van der Waals surface area contributed by atoms with E-state index in [1.165, 1.54) is 0 Å². The van der Waals surface area contributed by atoms with Crippen LogP contribution in [0.15, 0.2) is 79.4 Å². The molecular formula is C16H17N4O2P. The number of pyridine rings is 2. The summed E-state index contributed by atoms with van der Waals surface area (Å²) in [5, 5.41) is 6.91. The van der Waals surface area contributed by atoms with Crippen molar-refractivity contribution in [3.8, 4) is 0 Å². The number of benzene rings is 1. The number of anilines is 2. The minimum absolute atomic E-state index is 0. The third kappa shape index (κ3) is 4.16. The first kappa shape index (κ1) is 16.7. The van der Waals surface area contributed by atoms with E-state index >= 15 is 0 Å². The molecule has 0 aliphatic carbocycles. The van der Waals surface area contributed by atoms with Gasteiger partial charge in [0.25, 0.3) is 7.44 Å². The zero-order valence-electron chi connectivity index (χ0n) is 12.3. The average molecular weight is 328 g/mol. The van der Waals surface area contributed by atoms with Gasteiger partial charge < -0.3 is 15.7 Å². The van der Waals surface area contributed by atoms with E-state index in [-0.39, 0.29) is 5.48 Å². The molecule has 0 aliphatic rings. The zero-order valence-corrected chi connectivity index (χ0v) is 13.1. The summed E-state index contributed by atoms with van der Waals surface area (Å²) in [7, 11) is -3.07. The molecule has 3 rings (SSSR count). The lowest BCUT2D eigenvalue weighted by Crippen LogP contribution is -2.18. The molecule has 0 amide bonds.